The molecule has 1 N–H and O–H groups in total. The molecule has 0 aliphatic carbocycles. The van der Waals surface area contributed by atoms with Crippen LogP contribution in [-0.2, 0) is 4.74 Å². The highest BCUT2D eigenvalue weighted by Crippen LogP contribution is 2.34. The fourth-order valence-corrected chi connectivity index (χ4v) is 4.94. The number of fused-ring (bicyclic) bond motifs is 1. The van der Waals surface area contributed by atoms with Gasteiger partial charge in [0.1, 0.15) is 0 Å². The second-order valence-electron chi connectivity index (χ2n) is 8.70. The third kappa shape index (κ3) is 5.05. The van der Waals surface area contributed by atoms with Crippen LogP contribution in [0, 0.1) is 6.92 Å². The third-order valence-electron chi connectivity index (χ3n) is 6.31. The zero-order valence-electron chi connectivity index (χ0n) is 20.6. The predicted molar refractivity (Wildman–Crippen MR) is 156 cm³/mol. The van der Waals surface area contributed by atoms with Crippen molar-refractivity contribution in [1.29, 1.82) is 0 Å². The number of carbonyl (C=O) groups is 2. The summed E-state index contributed by atoms with van der Waals surface area (Å²) in [7, 11) is 1.33. The number of anilines is 1. The standard InChI is InChI=1S/C31H22BrClN2O3/c1-18-28(25-17-22(32)11-15-27(25)34-29(18)20-6-4-3-5-7-20)30(36)35-26-14-10-21(31(37)38-2)16-24(26)19-8-12-23(33)13-9-19/h3-17H,1-2H3,(H,35,36). The van der Waals surface area contributed by atoms with Crippen LogP contribution in [0.1, 0.15) is 26.3 Å². The number of nitrogens with one attached hydrogen (secondary N) is 1. The number of carbonyl (C=O) groups excluding carboxylic acids is 2. The minimum Gasteiger partial charge on any atom is -0.465 e. The van der Waals surface area contributed by atoms with Gasteiger partial charge < -0.3 is 10.1 Å². The van der Waals surface area contributed by atoms with Crippen LogP contribution in [0.3, 0.4) is 0 Å². The van der Waals surface area contributed by atoms with E-state index in [4.69, 9.17) is 21.3 Å². The number of amides is 1. The first-order chi connectivity index (χ1) is 18.4. The lowest BCUT2D eigenvalue weighted by molar-refractivity contribution is 0.0600. The summed E-state index contributed by atoms with van der Waals surface area (Å²) < 4.78 is 5.75. The highest BCUT2D eigenvalue weighted by molar-refractivity contribution is 9.10. The predicted octanol–water partition coefficient (Wildman–Crippen LogP) is 8.33. The Morgan fingerprint density at radius 2 is 1.63 bits per heavy atom. The quantitative estimate of drug-likeness (QED) is 0.211. The van der Waals surface area contributed by atoms with Gasteiger partial charge >= 0.3 is 5.97 Å². The number of esters is 1. The lowest BCUT2D eigenvalue weighted by Gasteiger charge is -2.17. The van der Waals surface area contributed by atoms with Crippen molar-refractivity contribution in [3.8, 4) is 22.4 Å². The minimum absolute atomic E-state index is 0.286. The summed E-state index contributed by atoms with van der Waals surface area (Å²) >= 11 is 9.64. The van der Waals surface area contributed by atoms with Crippen LogP contribution in [0.25, 0.3) is 33.3 Å². The van der Waals surface area contributed by atoms with Crippen LogP contribution in [0.4, 0.5) is 5.69 Å². The van der Waals surface area contributed by atoms with Gasteiger partial charge in [-0.3, -0.25) is 4.79 Å². The van der Waals surface area contributed by atoms with E-state index in [1.54, 1.807) is 30.3 Å². The van der Waals surface area contributed by atoms with Gasteiger partial charge in [-0.1, -0.05) is 70.0 Å². The molecule has 5 rings (SSSR count). The van der Waals surface area contributed by atoms with Crippen molar-refractivity contribution >= 4 is 56.0 Å². The molecule has 0 atom stereocenters. The molecule has 5 aromatic rings. The van der Waals surface area contributed by atoms with Crippen LogP contribution in [-0.4, -0.2) is 24.0 Å². The molecule has 0 spiro atoms. The van der Waals surface area contributed by atoms with E-state index in [1.807, 2.05) is 67.6 Å². The zero-order valence-corrected chi connectivity index (χ0v) is 22.9. The smallest absolute Gasteiger partial charge is 0.337 e. The van der Waals surface area contributed by atoms with Crippen molar-refractivity contribution in [2.24, 2.45) is 0 Å². The van der Waals surface area contributed by atoms with Gasteiger partial charge in [-0.2, -0.15) is 0 Å². The molecule has 0 unspecified atom stereocenters. The first kappa shape index (κ1) is 25.6. The van der Waals surface area contributed by atoms with Gasteiger partial charge in [0.05, 0.1) is 29.4 Å². The van der Waals surface area contributed by atoms with E-state index in [2.05, 4.69) is 21.2 Å². The average molecular weight is 586 g/mol. The number of halogens is 2. The number of nitrogens with zero attached hydrogens (tertiary/aromatic N) is 1. The van der Waals surface area contributed by atoms with E-state index < -0.39 is 5.97 Å². The molecule has 0 saturated carbocycles. The van der Waals surface area contributed by atoms with Crippen molar-refractivity contribution in [3.63, 3.8) is 0 Å². The Morgan fingerprint density at radius 1 is 0.895 bits per heavy atom. The molecular weight excluding hydrogens is 564 g/mol. The van der Waals surface area contributed by atoms with E-state index >= 15 is 0 Å². The van der Waals surface area contributed by atoms with Crippen LogP contribution in [0.15, 0.2) is 95.5 Å². The van der Waals surface area contributed by atoms with E-state index in [-0.39, 0.29) is 5.91 Å². The van der Waals surface area contributed by atoms with E-state index in [1.165, 1.54) is 7.11 Å². The van der Waals surface area contributed by atoms with Gasteiger partial charge in [0, 0.05) is 31.7 Å². The summed E-state index contributed by atoms with van der Waals surface area (Å²) in [5.74, 6) is -0.752. The SMILES string of the molecule is COC(=O)c1ccc(NC(=O)c2c(C)c(-c3ccccc3)nc3ccc(Br)cc23)c(-c2ccc(Cl)cc2)c1. The number of benzene rings is 4. The van der Waals surface area contributed by atoms with Gasteiger partial charge in [0.2, 0.25) is 0 Å². The number of ether oxygens (including phenoxy) is 1. The molecule has 0 aliphatic heterocycles. The average Bonchev–Trinajstić information content (AvgIpc) is 2.93. The molecule has 38 heavy (non-hydrogen) atoms. The summed E-state index contributed by atoms with van der Waals surface area (Å²) in [6, 6.07) is 27.7. The highest BCUT2D eigenvalue weighted by Gasteiger charge is 2.21. The Hall–Kier alpha value is -4.00. The fraction of sp³-hybridized carbons (Fsp3) is 0.0645. The van der Waals surface area contributed by atoms with E-state index in [9.17, 15) is 9.59 Å². The van der Waals surface area contributed by atoms with Gasteiger partial charge in [-0.25, -0.2) is 9.78 Å². The van der Waals surface area contributed by atoms with Gasteiger partial charge in [0.15, 0.2) is 0 Å². The Kier molecular flexibility index (Phi) is 7.27. The lowest BCUT2D eigenvalue weighted by Crippen LogP contribution is -2.16. The molecule has 0 saturated heterocycles. The maximum atomic E-state index is 14.0. The molecule has 4 aromatic carbocycles. The van der Waals surface area contributed by atoms with Gasteiger partial charge in [-0.15, -0.1) is 0 Å². The monoisotopic (exact) mass is 584 g/mol. The maximum Gasteiger partial charge on any atom is 0.337 e. The summed E-state index contributed by atoms with van der Waals surface area (Å²) in [5.41, 5.74) is 6.03. The van der Waals surface area contributed by atoms with Crippen molar-refractivity contribution < 1.29 is 14.3 Å². The minimum atomic E-state index is -0.466. The molecule has 1 heterocycles. The van der Waals surface area contributed by atoms with E-state index in [0.717, 1.165) is 32.2 Å². The molecule has 188 valence electrons. The van der Waals surface area contributed by atoms with Gasteiger partial charge in [-0.05, 0) is 66.6 Å². The molecule has 0 fully saturated rings. The zero-order chi connectivity index (χ0) is 26.8. The summed E-state index contributed by atoms with van der Waals surface area (Å²) in [4.78, 5) is 31.1. The molecule has 7 heteroatoms. The third-order valence-corrected chi connectivity index (χ3v) is 7.05. The molecule has 1 amide bonds. The number of hydrogen-bond donors (Lipinski definition) is 1. The second kappa shape index (κ2) is 10.8. The first-order valence-electron chi connectivity index (χ1n) is 11.8. The molecule has 0 radical (unpaired) electrons. The number of rotatable bonds is 5. The Bertz CT molecular complexity index is 1690. The maximum absolute atomic E-state index is 14.0. The normalized spacial score (nSPS) is 10.8. The number of hydrogen-bond acceptors (Lipinski definition) is 4. The number of aromatic nitrogens is 1. The summed E-state index contributed by atoms with van der Waals surface area (Å²) in [6.45, 7) is 1.91. The largest absolute Gasteiger partial charge is 0.465 e. The molecule has 0 bridgehead atoms. The summed E-state index contributed by atoms with van der Waals surface area (Å²) in [6.07, 6.45) is 0. The van der Waals surface area contributed by atoms with Crippen molar-refractivity contribution in [2.45, 2.75) is 6.92 Å². The Labute approximate surface area is 233 Å². The fourth-order valence-electron chi connectivity index (χ4n) is 4.45. The van der Waals surface area contributed by atoms with Crippen LogP contribution < -0.4 is 5.32 Å². The van der Waals surface area contributed by atoms with Gasteiger partial charge in [0.25, 0.3) is 5.91 Å². The Morgan fingerprint density at radius 3 is 2.34 bits per heavy atom. The molecule has 0 aliphatic rings. The topological polar surface area (TPSA) is 68.3 Å². The lowest BCUT2D eigenvalue weighted by atomic mass is 9.96. The van der Waals surface area contributed by atoms with E-state index in [0.29, 0.717) is 32.9 Å². The van der Waals surface area contributed by atoms with Crippen molar-refractivity contribution in [2.75, 3.05) is 12.4 Å². The second-order valence-corrected chi connectivity index (χ2v) is 10.1. The molecule has 1 aromatic heterocycles. The van der Waals surface area contributed by atoms with Crippen LogP contribution in [0.5, 0.6) is 0 Å². The van der Waals surface area contributed by atoms with Crippen LogP contribution in [0.2, 0.25) is 5.02 Å². The molecule has 5 nitrogen and oxygen atoms in total. The first-order valence-corrected chi connectivity index (χ1v) is 13.0. The van der Waals surface area contributed by atoms with Crippen molar-refractivity contribution in [1.82, 2.24) is 4.98 Å². The molecular formula is C31H22BrClN2O3. The Balaban J connectivity index is 1.66. The number of methoxy groups -OCH3 is 1. The highest BCUT2D eigenvalue weighted by atomic mass is 79.9. The van der Waals surface area contributed by atoms with Crippen molar-refractivity contribution in [3.05, 3.63) is 117 Å². The number of pyridine rings is 1. The summed E-state index contributed by atoms with van der Waals surface area (Å²) in [5, 5.41) is 4.40. The van der Waals surface area contributed by atoms with Crippen LogP contribution >= 0.6 is 27.5 Å².